The monoisotopic (exact) mass is 260 g/mol. The topological polar surface area (TPSA) is 38.5 Å². The Morgan fingerprint density at radius 3 is 3.00 bits per heavy atom. The molecule has 0 radical (unpaired) electrons. The van der Waals surface area contributed by atoms with E-state index in [0.29, 0.717) is 12.0 Å². The van der Waals surface area contributed by atoms with Crippen molar-refractivity contribution in [1.82, 2.24) is 0 Å². The fourth-order valence-corrected chi connectivity index (χ4v) is 3.50. The molecule has 1 fully saturated rings. The lowest BCUT2D eigenvalue weighted by Crippen LogP contribution is -2.46. The molecule has 0 saturated carbocycles. The maximum atomic E-state index is 6.09. The van der Waals surface area contributed by atoms with E-state index in [1.807, 2.05) is 0 Å². The summed E-state index contributed by atoms with van der Waals surface area (Å²) < 4.78 is 5.57. The van der Waals surface area contributed by atoms with Crippen LogP contribution in [0.4, 0.5) is 5.69 Å². The van der Waals surface area contributed by atoms with Gasteiger partial charge in [0.1, 0.15) is 0 Å². The number of ether oxygens (including phenoxy) is 1. The summed E-state index contributed by atoms with van der Waals surface area (Å²) in [5.74, 6) is 0.594. The van der Waals surface area contributed by atoms with Crippen molar-refractivity contribution in [2.75, 3.05) is 31.2 Å². The SMILES string of the molecule is NCC(C1CCOC1)N1CCCCc2ccccc21. The van der Waals surface area contributed by atoms with Gasteiger partial charge in [-0.3, -0.25) is 0 Å². The Morgan fingerprint density at radius 1 is 1.32 bits per heavy atom. The zero-order valence-corrected chi connectivity index (χ0v) is 11.6. The molecule has 2 aliphatic rings. The minimum atomic E-state index is 0.432. The fraction of sp³-hybridized carbons (Fsp3) is 0.625. The smallest absolute Gasteiger partial charge is 0.0515 e. The quantitative estimate of drug-likeness (QED) is 0.905. The number of aryl methyl sites for hydroxylation is 1. The van der Waals surface area contributed by atoms with Gasteiger partial charge in [0.05, 0.1) is 6.61 Å². The zero-order valence-electron chi connectivity index (χ0n) is 11.6. The predicted octanol–water partition coefficient (Wildman–Crippen LogP) is 2.19. The fourth-order valence-electron chi connectivity index (χ4n) is 3.50. The molecule has 3 rings (SSSR count). The van der Waals surface area contributed by atoms with E-state index in [-0.39, 0.29) is 0 Å². The summed E-state index contributed by atoms with van der Waals surface area (Å²) in [7, 11) is 0. The highest BCUT2D eigenvalue weighted by molar-refractivity contribution is 5.55. The average Bonchev–Trinajstić information content (AvgIpc) is 2.88. The van der Waals surface area contributed by atoms with Crippen LogP contribution >= 0.6 is 0 Å². The Labute approximate surface area is 115 Å². The zero-order chi connectivity index (χ0) is 13.1. The van der Waals surface area contributed by atoms with E-state index in [9.17, 15) is 0 Å². The van der Waals surface area contributed by atoms with Crippen LogP contribution in [0.3, 0.4) is 0 Å². The first kappa shape index (κ1) is 12.9. The number of hydrogen-bond acceptors (Lipinski definition) is 3. The van der Waals surface area contributed by atoms with E-state index in [2.05, 4.69) is 29.2 Å². The van der Waals surface area contributed by atoms with E-state index < -0.39 is 0 Å². The maximum absolute atomic E-state index is 6.09. The molecule has 3 nitrogen and oxygen atoms in total. The van der Waals surface area contributed by atoms with Gasteiger partial charge in [-0.25, -0.2) is 0 Å². The van der Waals surface area contributed by atoms with Gasteiger partial charge in [-0.05, 0) is 37.3 Å². The summed E-state index contributed by atoms with van der Waals surface area (Å²) in [5, 5.41) is 0. The average molecular weight is 260 g/mol. The minimum Gasteiger partial charge on any atom is -0.381 e. The van der Waals surface area contributed by atoms with Crippen LogP contribution < -0.4 is 10.6 Å². The van der Waals surface area contributed by atoms with Crippen LogP contribution in [-0.2, 0) is 11.2 Å². The van der Waals surface area contributed by atoms with E-state index in [1.54, 1.807) is 0 Å². The van der Waals surface area contributed by atoms with Crippen molar-refractivity contribution >= 4 is 5.69 Å². The number of benzene rings is 1. The van der Waals surface area contributed by atoms with Crippen molar-refractivity contribution in [3.63, 3.8) is 0 Å². The summed E-state index contributed by atoms with van der Waals surface area (Å²) in [4.78, 5) is 2.56. The lowest BCUT2D eigenvalue weighted by molar-refractivity contribution is 0.180. The predicted molar refractivity (Wildman–Crippen MR) is 78.5 cm³/mol. The Kier molecular flexibility index (Phi) is 4.04. The molecule has 104 valence electrons. The molecule has 0 bridgehead atoms. The third-order valence-electron chi connectivity index (χ3n) is 4.55. The molecule has 2 unspecified atom stereocenters. The molecule has 1 aromatic carbocycles. The minimum absolute atomic E-state index is 0.432. The van der Waals surface area contributed by atoms with E-state index in [1.165, 1.54) is 30.5 Å². The Bertz CT molecular complexity index is 415. The summed E-state index contributed by atoms with van der Waals surface area (Å²) >= 11 is 0. The molecule has 0 aliphatic carbocycles. The molecule has 2 N–H and O–H groups in total. The van der Waals surface area contributed by atoms with Crippen molar-refractivity contribution < 1.29 is 4.74 Å². The molecule has 1 aromatic rings. The number of fused-ring (bicyclic) bond motifs is 1. The van der Waals surface area contributed by atoms with Crippen LogP contribution in [0.25, 0.3) is 0 Å². The van der Waals surface area contributed by atoms with Crippen LogP contribution in [-0.4, -0.2) is 32.3 Å². The van der Waals surface area contributed by atoms with Gasteiger partial charge in [0.25, 0.3) is 0 Å². The van der Waals surface area contributed by atoms with Crippen molar-refractivity contribution in [2.45, 2.75) is 31.7 Å². The Morgan fingerprint density at radius 2 is 2.21 bits per heavy atom. The van der Waals surface area contributed by atoms with Gasteiger partial charge in [0.2, 0.25) is 0 Å². The van der Waals surface area contributed by atoms with E-state index in [0.717, 1.165) is 32.7 Å². The molecule has 3 heteroatoms. The highest BCUT2D eigenvalue weighted by atomic mass is 16.5. The lowest BCUT2D eigenvalue weighted by atomic mass is 9.96. The Hall–Kier alpha value is -1.06. The third-order valence-corrected chi connectivity index (χ3v) is 4.55. The largest absolute Gasteiger partial charge is 0.381 e. The van der Waals surface area contributed by atoms with Crippen LogP contribution in [0.2, 0.25) is 0 Å². The molecular formula is C16H24N2O. The lowest BCUT2D eigenvalue weighted by Gasteiger charge is -2.36. The van der Waals surface area contributed by atoms with Gasteiger partial charge in [0.15, 0.2) is 0 Å². The number of hydrogen-bond donors (Lipinski definition) is 1. The normalized spacial score (nSPS) is 24.9. The summed E-state index contributed by atoms with van der Waals surface area (Å²) in [5.41, 5.74) is 8.98. The van der Waals surface area contributed by atoms with Crippen LogP contribution in [0.1, 0.15) is 24.8 Å². The van der Waals surface area contributed by atoms with Gasteiger partial charge >= 0.3 is 0 Å². The second-order valence-corrected chi connectivity index (χ2v) is 5.71. The Balaban J connectivity index is 1.89. The molecule has 0 amide bonds. The number of para-hydroxylation sites is 1. The maximum Gasteiger partial charge on any atom is 0.0515 e. The van der Waals surface area contributed by atoms with Crippen molar-refractivity contribution in [2.24, 2.45) is 11.7 Å². The highest BCUT2D eigenvalue weighted by Crippen LogP contribution is 2.31. The highest BCUT2D eigenvalue weighted by Gasteiger charge is 2.31. The molecule has 1 saturated heterocycles. The van der Waals surface area contributed by atoms with Gasteiger partial charge in [-0.2, -0.15) is 0 Å². The van der Waals surface area contributed by atoms with Gasteiger partial charge < -0.3 is 15.4 Å². The van der Waals surface area contributed by atoms with Crippen molar-refractivity contribution in [1.29, 1.82) is 0 Å². The molecule has 0 aromatic heterocycles. The van der Waals surface area contributed by atoms with Gasteiger partial charge in [0, 0.05) is 37.3 Å². The molecular weight excluding hydrogens is 236 g/mol. The molecule has 19 heavy (non-hydrogen) atoms. The molecule has 2 atom stereocenters. The molecule has 2 heterocycles. The van der Waals surface area contributed by atoms with Crippen LogP contribution in [0.5, 0.6) is 0 Å². The van der Waals surface area contributed by atoms with E-state index in [4.69, 9.17) is 10.5 Å². The van der Waals surface area contributed by atoms with Crippen LogP contribution in [0.15, 0.2) is 24.3 Å². The van der Waals surface area contributed by atoms with E-state index >= 15 is 0 Å². The second kappa shape index (κ2) is 5.93. The van der Waals surface area contributed by atoms with Gasteiger partial charge in [-0.1, -0.05) is 18.2 Å². The van der Waals surface area contributed by atoms with Crippen molar-refractivity contribution in [3.05, 3.63) is 29.8 Å². The summed E-state index contributed by atoms with van der Waals surface area (Å²) in [6.45, 7) is 3.63. The van der Waals surface area contributed by atoms with Gasteiger partial charge in [-0.15, -0.1) is 0 Å². The first-order chi connectivity index (χ1) is 9.40. The second-order valence-electron chi connectivity index (χ2n) is 5.71. The summed E-state index contributed by atoms with van der Waals surface area (Å²) in [6, 6.07) is 9.27. The number of anilines is 1. The molecule has 2 aliphatic heterocycles. The number of nitrogens with two attached hydrogens (primary N) is 1. The summed E-state index contributed by atoms with van der Waals surface area (Å²) in [6.07, 6.45) is 4.90. The number of nitrogens with zero attached hydrogens (tertiary/aromatic N) is 1. The first-order valence-electron chi connectivity index (χ1n) is 7.52. The first-order valence-corrected chi connectivity index (χ1v) is 7.52. The van der Waals surface area contributed by atoms with Crippen LogP contribution in [0, 0.1) is 5.92 Å². The third kappa shape index (κ3) is 2.63. The molecule has 0 spiro atoms. The number of rotatable bonds is 3. The standard InChI is InChI=1S/C16H24N2O/c17-11-16(14-8-10-19-12-14)18-9-4-3-6-13-5-1-2-7-15(13)18/h1-2,5,7,14,16H,3-4,6,8-12,17H2. The van der Waals surface area contributed by atoms with Crippen molar-refractivity contribution in [3.8, 4) is 0 Å².